The van der Waals surface area contributed by atoms with Crippen LogP contribution in [0.1, 0.15) is 52.4 Å². The zero-order valence-electron chi connectivity index (χ0n) is 9.59. The van der Waals surface area contributed by atoms with E-state index < -0.39 is 0 Å². The first-order valence-corrected chi connectivity index (χ1v) is 5.96. The molecule has 1 unspecified atom stereocenters. The van der Waals surface area contributed by atoms with Crippen LogP contribution in [0.15, 0.2) is 0 Å². The molecule has 0 aromatic carbocycles. The van der Waals surface area contributed by atoms with Crippen LogP contribution in [-0.4, -0.2) is 29.8 Å². The van der Waals surface area contributed by atoms with Crippen LogP contribution in [0.5, 0.6) is 0 Å². The highest BCUT2D eigenvalue weighted by Gasteiger charge is 2.17. The molecule has 1 heterocycles. The molecule has 1 atom stereocenters. The highest BCUT2D eigenvalue weighted by Crippen LogP contribution is 2.13. The Bertz CT molecular complexity index is 169. The average molecular weight is 197 g/mol. The maximum atomic E-state index is 11.3. The third kappa shape index (κ3) is 3.79. The van der Waals surface area contributed by atoms with Crippen LogP contribution >= 0.6 is 0 Å². The van der Waals surface area contributed by atoms with Crippen molar-refractivity contribution in [3.63, 3.8) is 0 Å². The van der Waals surface area contributed by atoms with Gasteiger partial charge >= 0.3 is 0 Å². The number of rotatable bonds is 2. The monoisotopic (exact) mass is 197 g/mol. The molecule has 0 N–H and O–H groups in total. The van der Waals surface area contributed by atoms with E-state index >= 15 is 0 Å². The summed E-state index contributed by atoms with van der Waals surface area (Å²) in [6.07, 6.45) is 7.95. The SMILES string of the molecule is CC(=O)C(C)N1CCCCCCCC1. The van der Waals surface area contributed by atoms with E-state index in [0.717, 1.165) is 13.1 Å². The number of hydrogen-bond acceptors (Lipinski definition) is 2. The van der Waals surface area contributed by atoms with Gasteiger partial charge in [0.1, 0.15) is 5.78 Å². The second kappa shape index (κ2) is 6.18. The molecule has 2 nitrogen and oxygen atoms in total. The van der Waals surface area contributed by atoms with Gasteiger partial charge in [-0.15, -0.1) is 0 Å². The molecule has 0 aliphatic carbocycles. The minimum absolute atomic E-state index is 0.132. The quantitative estimate of drug-likeness (QED) is 0.678. The van der Waals surface area contributed by atoms with Crippen molar-refractivity contribution in [1.29, 1.82) is 0 Å². The van der Waals surface area contributed by atoms with E-state index in [4.69, 9.17) is 0 Å². The highest BCUT2D eigenvalue weighted by atomic mass is 16.1. The highest BCUT2D eigenvalue weighted by molar-refractivity contribution is 5.80. The van der Waals surface area contributed by atoms with Crippen LogP contribution in [0.25, 0.3) is 0 Å². The molecule has 1 aliphatic rings. The lowest BCUT2D eigenvalue weighted by molar-refractivity contribution is -0.121. The molecule has 1 rings (SSSR count). The average Bonchev–Trinajstić information content (AvgIpc) is 2.29. The van der Waals surface area contributed by atoms with Gasteiger partial charge in [0.2, 0.25) is 0 Å². The Balaban J connectivity index is 2.42. The van der Waals surface area contributed by atoms with Crippen molar-refractivity contribution in [3.8, 4) is 0 Å². The standard InChI is InChI=1S/C12H23NO/c1-11(12(2)14)13-9-7-5-3-4-6-8-10-13/h11H,3-10H2,1-2H3. The first-order valence-electron chi connectivity index (χ1n) is 5.96. The van der Waals surface area contributed by atoms with Crippen molar-refractivity contribution in [1.82, 2.24) is 4.90 Å². The normalized spacial score (nSPS) is 23.3. The molecule has 0 radical (unpaired) electrons. The largest absolute Gasteiger partial charge is 0.298 e. The van der Waals surface area contributed by atoms with E-state index in [9.17, 15) is 4.79 Å². The van der Waals surface area contributed by atoms with Gasteiger partial charge in [-0.2, -0.15) is 0 Å². The van der Waals surface area contributed by atoms with Gasteiger partial charge in [0.25, 0.3) is 0 Å². The Kier molecular flexibility index (Phi) is 5.16. The minimum atomic E-state index is 0.132. The summed E-state index contributed by atoms with van der Waals surface area (Å²) in [5.41, 5.74) is 0. The number of carbonyl (C=O) groups excluding carboxylic acids is 1. The van der Waals surface area contributed by atoms with Crippen molar-refractivity contribution in [2.24, 2.45) is 0 Å². The van der Waals surface area contributed by atoms with Crippen LogP contribution in [0.3, 0.4) is 0 Å². The van der Waals surface area contributed by atoms with E-state index in [-0.39, 0.29) is 6.04 Å². The number of nitrogens with zero attached hydrogens (tertiary/aromatic N) is 1. The van der Waals surface area contributed by atoms with Crippen molar-refractivity contribution >= 4 is 5.78 Å². The Hall–Kier alpha value is -0.370. The Labute approximate surface area is 87.7 Å². The third-order valence-corrected chi connectivity index (χ3v) is 3.28. The molecule has 0 aromatic rings. The van der Waals surface area contributed by atoms with Crippen molar-refractivity contribution in [2.75, 3.05) is 13.1 Å². The van der Waals surface area contributed by atoms with Gasteiger partial charge < -0.3 is 0 Å². The predicted molar refractivity (Wildman–Crippen MR) is 59.4 cm³/mol. The summed E-state index contributed by atoms with van der Waals surface area (Å²) >= 11 is 0. The molecule has 0 amide bonds. The van der Waals surface area contributed by atoms with E-state index in [2.05, 4.69) is 4.90 Å². The first-order chi connectivity index (χ1) is 6.72. The first kappa shape index (κ1) is 11.7. The molecule has 1 fully saturated rings. The summed E-state index contributed by atoms with van der Waals surface area (Å²) in [5.74, 6) is 0.309. The molecule has 1 saturated heterocycles. The predicted octanol–water partition coefficient (Wildman–Crippen LogP) is 2.62. The van der Waals surface area contributed by atoms with Crippen LogP contribution in [-0.2, 0) is 4.79 Å². The van der Waals surface area contributed by atoms with E-state index in [0.29, 0.717) is 5.78 Å². The summed E-state index contributed by atoms with van der Waals surface area (Å²) in [4.78, 5) is 13.6. The number of hydrogen-bond donors (Lipinski definition) is 0. The second-order valence-corrected chi connectivity index (χ2v) is 4.44. The van der Waals surface area contributed by atoms with Gasteiger partial charge in [-0.3, -0.25) is 9.69 Å². The fourth-order valence-electron chi connectivity index (χ4n) is 2.09. The fourth-order valence-corrected chi connectivity index (χ4v) is 2.09. The Morgan fingerprint density at radius 2 is 1.43 bits per heavy atom. The van der Waals surface area contributed by atoms with E-state index in [1.165, 1.54) is 38.5 Å². The molecule has 82 valence electrons. The molecule has 14 heavy (non-hydrogen) atoms. The molecular formula is C12H23NO. The summed E-state index contributed by atoms with van der Waals surface area (Å²) in [5, 5.41) is 0. The van der Waals surface area contributed by atoms with Crippen LogP contribution in [0.4, 0.5) is 0 Å². The maximum absolute atomic E-state index is 11.3. The van der Waals surface area contributed by atoms with Gasteiger partial charge in [0, 0.05) is 0 Å². The minimum Gasteiger partial charge on any atom is -0.298 e. The number of carbonyl (C=O) groups is 1. The number of ketones is 1. The fraction of sp³-hybridized carbons (Fsp3) is 0.917. The van der Waals surface area contributed by atoms with Crippen molar-refractivity contribution in [3.05, 3.63) is 0 Å². The van der Waals surface area contributed by atoms with Gasteiger partial charge in [-0.25, -0.2) is 0 Å². The second-order valence-electron chi connectivity index (χ2n) is 4.44. The molecular weight excluding hydrogens is 174 g/mol. The van der Waals surface area contributed by atoms with Crippen molar-refractivity contribution < 1.29 is 4.79 Å². The zero-order valence-corrected chi connectivity index (χ0v) is 9.59. The summed E-state index contributed by atoms with van der Waals surface area (Å²) in [7, 11) is 0. The molecule has 0 bridgehead atoms. The van der Waals surface area contributed by atoms with E-state index in [1.807, 2.05) is 6.92 Å². The van der Waals surface area contributed by atoms with Crippen LogP contribution in [0.2, 0.25) is 0 Å². The lowest BCUT2D eigenvalue weighted by Crippen LogP contribution is -2.39. The molecule has 0 saturated carbocycles. The smallest absolute Gasteiger partial charge is 0.146 e. The third-order valence-electron chi connectivity index (χ3n) is 3.28. The lowest BCUT2D eigenvalue weighted by atomic mass is 10.1. The Morgan fingerprint density at radius 1 is 1.00 bits per heavy atom. The molecule has 1 aliphatic heterocycles. The van der Waals surface area contributed by atoms with E-state index in [1.54, 1.807) is 6.92 Å². The van der Waals surface area contributed by atoms with Gasteiger partial charge in [-0.1, -0.05) is 25.7 Å². The number of Topliss-reactive ketones (excluding diaryl/α,β-unsaturated/α-hetero) is 1. The maximum Gasteiger partial charge on any atom is 0.146 e. The van der Waals surface area contributed by atoms with Gasteiger partial charge in [0.05, 0.1) is 6.04 Å². The Morgan fingerprint density at radius 3 is 1.86 bits per heavy atom. The summed E-state index contributed by atoms with van der Waals surface area (Å²) in [6.45, 7) is 5.97. The van der Waals surface area contributed by atoms with Gasteiger partial charge in [-0.05, 0) is 39.8 Å². The summed E-state index contributed by atoms with van der Waals surface area (Å²) in [6, 6.07) is 0.132. The van der Waals surface area contributed by atoms with Crippen LogP contribution in [0, 0.1) is 0 Å². The molecule has 0 aromatic heterocycles. The van der Waals surface area contributed by atoms with Gasteiger partial charge in [0.15, 0.2) is 0 Å². The van der Waals surface area contributed by atoms with Crippen molar-refractivity contribution in [2.45, 2.75) is 58.4 Å². The molecule has 2 heteroatoms. The topological polar surface area (TPSA) is 20.3 Å². The molecule has 0 spiro atoms. The lowest BCUT2D eigenvalue weighted by Gasteiger charge is -2.26. The summed E-state index contributed by atoms with van der Waals surface area (Å²) < 4.78 is 0. The van der Waals surface area contributed by atoms with Crippen LogP contribution < -0.4 is 0 Å². The zero-order chi connectivity index (χ0) is 10.4.